The normalized spacial score (nSPS) is 54.1. The average Bonchev–Trinajstić information content (AvgIpc) is 3.03. The molecule has 0 aromatic rings. The van der Waals surface area contributed by atoms with Crippen LogP contribution < -0.4 is 0 Å². The summed E-state index contributed by atoms with van der Waals surface area (Å²) in [6, 6.07) is 0. The molecule has 0 saturated heterocycles. The van der Waals surface area contributed by atoms with Crippen molar-refractivity contribution in [3.05, 3.63) is 11.6 Å². The maximum Gasteiger partial charge on any atom is 0.331 e. The second kappa shape index (κ2) is 4.97. The average molecular weight is 344 g/mol. The van der Waals surface area contributed by atoms with Gasteiger partial charge in [0.25, 0.3) is 0 Å². The summed E-state index contributed by atoms with van der Waals surface area (Å²) in [6.07, 6.45) is 7.71. The van der Waals surface area contributed by atoms with E-state index in [1.807, 2.05) is 0 Å². The van der Waals surface area contributed by atoms with E-state index in [4.69, 9.17) is 4.74 Å². The molecule has 0 unspecified atom stereocenters. The number of carbonyl (C=O) groups is 2. The zero-order chi connectivity index (χ0) is 17.6. The molecular weight excluding hydrogens is 316 g/mol. The van der Waals surface area contributed by atoms with Gasteiger partial charge in [0.1, 0.15) is 11.9 Å². The summed E-state index contributed by atoms with van der Waals surface area (Å²) < 4.78 is 5.53. The van der Waals surface area contributed by atoms with Crippen LogP contribution in [0, 0.1) is 34.5 Å². The molecule has 25 heavy (non-hydrogen) atoms. The standard InChI is InChI=1S/C21H28O4/c1-20-6-5-12(22)7-11(20)3-4-13-14-8-17-15(9-18(24)25-17)21(14,2)10-16(23)19(13)20/h9,11-14,17,19,22H,3-8,10H2,1-2H3/t11-,12+,13+,14-,17-,19-,20-,21-/m0/s1. The van der Waals surface area contributed by atoms with Gasteiger partial charge in [0, 0.05) is 23.8 Å². The molecule has 1 heterocycles. The molecule has 4 saturated carbocycles. The summed E-state index contributed by atoms with van der Waals surface area (Å²) in [5.41, 5.74) is 0.941. The van der Waals surface area contributed by atoms with Gasteiger partial charge in [0.05, 0.1) is 6.10 Å². The molecule has 0 spiro atoms. The number of hydrogen-bond donors (Lipinski definition) is 1. The lowest BCUT2D eigenvalue weighted by molar-refractivity contribution is -0.158. The maximum absolute atomic E-state index is 13.4. The van der Waals surface area contributed by atoms with Crippen molar-refractivity contribution in [2.45, 2.75) is 71.0 Å². The van der Waals surface area contributed by atoms with Gasteiger partial charge in [-0.05, 0) is 67.3 Å². The first kappa shape index (κ1) is 16.0. The van der Waals surface area contributed by atoms with Gasteiger partial charge >= 0.3 is 5.97 Å². The Morgan fingerprint density at radius 2 is 1.96 bits per heavy atom. The number of ether oxygens (including phenoxy) is 1. The highest BCUT2D eigenvalue weighted by atomic mass is 16.5. The Bertz CT molecular complexity index is 681. The van der Waals surface area contributed by atoms with E-state index in [2.05, 4.69) is 13.8 Å². The zero-order valence-electron chi connectivity index (χ0n) is 15.2. The SMILES string of the molecule is C[C@]12CC[C@@H](O)C[C@@H]1CC[C@H]1[C@H]2C(=O)C[C@]2(C)C3=CC(=O)O[C@H]3C[C@@H]12. The molecule has 1 aliphatic heterocycles. The molecule has 4 nitrogen and oxygen atoms in total. The lowest BCUT2D eigenvalue weighted by Gasteiger charge is -2.59. The van der Waals surface area contributed by atoms with Gasteiger partial charge < -0.3 is 9.84 Å². The van der Waals surface area contributed by atoms with Crippen LogP contribution in [0.4, 0.5) is 0 Å². The summed E-state index contributed by atoms with van der Waals surface area (Å²) >= 11 is 0. The third-order valence-electron chi connectivity index (χ3n) is 8.72. The highest BCUT2D eigenvalue weighted by molar-refractivity contribution is 5.89. The molecule has 0 bridgehead atoms. The Morgan fingerprint density at radius 1 is 1.16 bits per heavy atom. The van der Waals surface area contributed by atoms with E-state index in [-0.39, 0.29) is 34.9 Å². The van der Waals surface area contributed by atoms with Gasteiger partial charge in [0.2, 0.25) is 0 Å². The number of aliphatic hydroxyl groups excluding tert-OH is 1. The third-order valence-corrected chi connectivity index (χ3v) is 8.72. The Labute approximate surface area is 149 Å². The van der Waals surface area contributed by atoms with Crippen molar-refractivity contribution in [3.63, 3.8) is 0 Å². The van der Waals surface area contributed by atoms with Crippen LogP contribution in [-0.2, 0) is 14.3 Å². The lowest BCUT2D eigenvalue weighted by atomic mass is 9.44. The Hall–Kier alpha value is -1.16. The fourth-order valence-corrected chi connectivity index (χ4v) is 7.57. The van der Waals surface area contributed by atoms with Crippen LogP contribution in [-0.4, -0.2) is 29.1 Å². The number of esters is 1. The van der Waals surface area contributed by atoms with Crippen LogP contribution in [0.3, 0.4) is 0 Å². The molecule has 0 amide bonds. The van der Waals surface area contributed by atoms with E-state index in [1.165, 1.54) is 0 Å². The summed E-state index contributed by atoms with van der Waals surface area (Å²) in [7, 11) is 0. The Morgan fingerprint density at radius 3 is 2.76 bits per heavy atom. The van der Waals surface area contributed by atoms with Crippen molar-refractivity contribution >= 4 is 11.8 Å². The molecule has 0 aromatic carbocycles. The van der Waals surface area contributed by atoms with E-state index in [9.17, 15) is 14.7 Å². The van der Waals surface area contributed by atoms with Gasteiger partial charge in [-0.1, -0.05) is 13.8 Å². The van der Waals surface area contributed by atoms with Gasteiger partial charge in [-0.2, -0.15) is 0 Å². The Kier molecular flexibility index (Phi) is 3.19. The first-order valence-corrected chi connectivity index (χ1v) is 9.96. The van der Waals surface area contributed by atoms with Crippen molar-refractivity contribution in [2.75, 3.05) is 0 Å². The van der Waals surface area contributed by atoms with Crippen molar-refractivity contribution in [1.29, 1.82) is 0 Å². The third kappa shape index (κ3) is 1.98. The minimum absolute atomic E-state index is 0.0450. The molecule has 4 aliphatic carbocycles. The first-order chi connectivity index (χ1) is 11.8. The van der Waals surface area contributed by atoms with E-state index in [1.54, 1.807) is 6.08 Å². The highest BCUT2D eigenvalue weighted by Gasteiger charge is 2.64. The largest absolute Gasteiger partial charge is 0.455 e. The van der Waals surface area contributed by atoms with Crippen LogP contribution in [0.15, 0.2) is 11.6 Å². The van der Waals surface area contributed by atoms with Crippen LogP contribution in [0.5, 0.6) is 0 Å². The molecular formula is C21H28O4. The number of rotatable bonds is 0. The fourth-order valence-electron chi connectivity index (χ4n) is 7.57. The van der Waals surface area contributed by atoms with E-state index in [0.29, 0.717) is 30.0 Å². The topological polar surface area (TPSA) is 63.6 Å². The van der Waals surface area contributed by atoms with Crippen molar-refractivity contribution in [3.8, 4) is 0 Å². The molecule has 5 rings (SSSR count). The Balaban J connectivity index is 1.53. The summed E-state index contributed by atoms with van der Waals surface area (Å²) in [4.78, 5) is 25.1. The smallest absolute Gasteiger partial charge is 0.331 e. The minimum Gasteiger partial charge on any atom is -0.455 e. The fraction of sp³-hybridized carbons (Fsp3) is 0.810. The molecule has 4 fully saturated rings. The monoisotopic (exact) mass is 344 g/mol. The second-order valence-corrected chi connectivity index (χ2v) is 9.78. The lowest BCUT2D eigenvalue weighted by Crippen LogP contribution is -2.57. The van der Waals surface area contributed by atoms with E-state index >= 15 is 0 Å². The first-order valence-electron chi connectivity index (χ1n) is 9.96. The van der Waals surface area contributed by atoms with E-state index in [0.717, 1.165) is 44.1 Å². The van der Waals surface area contributed by atoms with Gasteiger partial charge in [-0.3, -0.25) is 4.79 Å². The van der Waals surface area contributed by atoms with Gasteiger partial charge in [0.15, 0.2) is 0 Å². The molecule has 0 radical (unpaired) electrons. The maximum atomic E-state index is 13.4. The highest BCUT2D eigenvalue weighted by Crippen LogP contribution is 2.67. The van der Waals surface area contributed by atoms with E-state index < -0.39 is 0 Å². The molecule has 136 valence electrons. The summed E-state index contributed by atoms with van der Waals surface area (Å²) in [5.74, 6) is 1.63. The van der Waals surface area contributed by atoms with Crippen LogP contribution in [0.2, 0.25) is 0 Å². The van der Waals surface area contributed by atoms with Crippen LogP contribution in [0.25, 0.3) is 0 Å². The number of fused-ring (bicyclic) bond motifs is 7. The van der Waals surface area contributed by atoms with Crippen molar-refractivity contribution < 1.29 is 19.4 Å². The predicted molar refractivity (Wildman–Crippen MR) is 91.5 cm³/mol. The molecule has 1 N–H and O–H groups in total. The number of hydrogen-bond acceptors (Lipinski definition) is 4. The molecule has 0 aromatic heterocycles. The van der Waals surface area contributed by atoms with Crippen molar-refractivity contribution in [1.82, 2.24) is 0 Å². The number of carbonyl (C=O) groups excluding carboxylic acids is 2. The number of Topliss-reactive ketones (excluding diaryl/α,β-unsaturated/α-hetero) is 1. The van der Waals surface area contributed by atoms with Crippen molar-refractivity contribution in [2.24, 2.45) is 34.5 Å². The predicted octanol–water partition coefficient (Wildman–Crippen LogP) is 3.03. The summed E-state index contributed by atoms with van der Waals surface area (Å²) in [5, 5.41) is 10.1. The van der Waals surface area contributed by atoms with Crippen LogP contribution >= 0.6 is 0 Å². The molecule has 5 aliphatic rings. The number of aliphatic hydroxyl groups is 1. The minimum atomic E-state index is -0.230. The summed E-state index contributed by atoms with van der Waals surface area (Å²) in [6.45, 7) is 4.51. The quantitative estimate of drug-likeness (QED) is 0.686. The number of ketones is 1. The van der Waals surface area contributed by atoms with Gasteiger partial charge in [-0.25, -0.2) is 4.79 Å². The second-order valence-electron chi connectivity index (χ2n) is 9.78. The molecule has 8 atom stereocenters. The van der Waals surface area contributed by atoms with Gasteiger partial charge in [-0.15, -0.1) is 0 Å². The molecule has 4 heteroatoms. The van der Waals surface area contributed by atoms with Crippen LogP contribution in [0.1, 0.15) is 58.8 Å². The zero-order valence-corrected chi connectivity index (χ0v) is 15.2.